The largest absolute Gasteiger partial charge is 0.448 e. The van der Waals surface area contributed by atoms with Gasteiger partial charge in [0.15, 0.2) is 0 Å². The SMILES string of the molecule is O=C(O[C@H]1C(=O)N[C@H]1c1ccccc1)C(Cl)Cl. The molecule has 1 saturated heterocycles. The molecule has 0 aliphatic carbocycles. The highest BCUT2D eigenvalue weighted by Crippen LogP contribution is 2.27. The molecule has 2 rings (SSSR count). The van der Waals surface area contributed by atoms with E-state index < -0.39 is 16.9 Å². The summed E-state index contributed by atoms with van der Waals surface area (Å²) in [4.78, 5) is 21.2. The van der Waals surface area contributed by atoms with Crippen molar-refractivity contribution < 1.29 is 14.3 Å². The molecule has 0 unspecified atom stereocenters. The van der Waals surface area contributed by atoms with Gasteiger partial charge in [-0.2, -0.15) is 0 Å². The summed E-state index contributed by atoms with van der Waals surface area (Å²) in [6.07, 6.45) is -0.857. The number of esters is 1. The first-order valence-corrected chi connectivity index (χ1v) is 5.81. The molecule has 1 aliphatic rings. The molecule has 0 bridgehead atoms. The van der Waals surface area contributed by atoms with Crippen molar-refractivity contribution in [1.29, 1.82) is 0 Å². The number of alkyl halides is 2. The number of hydrogen-bond donors (Lipinski definition) is 1. The molecule has 1 N–H and O–H groups in total. The van der Waals surface area contributed by atoms with Gasteiger partial charge in [-0.25, -0.2) is 4.79 Å². The van der Waals surface area contributed by atoms with Crippen LogP contribution in [0, 0.1) is 0 Å². The van der Waals surface area contributed by atoms with Crippen LogP contribution in [0.15, 0.2) is 30.3 Å². The average molecular weight is 274 g/mol. The summed E-state index contributed by atoms with van der Waals surface area (Å²) in [5.41, 5.74) is 0.866. The maximum Gasteiger partial charge on any atom is 0.340 e. The summed E-state index contributed by atoms with van der Waals surface area (Å²) in [5.74, 6) is -1.16. The summed E-state index contributed by atoms with van der Waals surface area (Å²) in [5, 5.41) is 2.65. The molecule has 1 aliphatic heterocycles. The molecule has 4 nitrogen and oxygen atoms in total. The molecule has 2 atom stereocenters. The molecule has 0 radical (unpaired) electrons. The number of halogens is 2. The second kappa shape index (κ2) is 4.94. The Balaban J connectivity index is 2.06. The van der Waals surface area contributed by atoms with E-state index >= 15 is 0 Å². The molecular formula is C11H9Cl2NO3. The Kier molecular flexibility index (Phi) is 3.54. The zero-order valence-corrected chi connectivity index (χ0v) is 10.1. The van der Waals surface area contributed by atoms with Gasteiger partial charge in [0.2, 0.25) is 10.9 Å². The van der Waals surface area contributed by atoms with Crippen molar-refractivity contribution in [3.8, 4) is 0 Å². The summed E-state index contributed by atoms with van der Waals surface area (Å²) in [7, 11) is 0. The van der Waals surface area contributed by atoms with E-state index in [4.69, 9.17) is 27.9 Å². The van der Waals surface area contributed by atoms with Gasteiger partial charge in [0.25, 0.3) is 5.91 Å². The third-order valence-corrected chi connectivity index (χ3v) is 2.80. The number of ether oxygens (including phenoxy) is 1. The Morgan fingerprint density at radius 3 is 2.47 bits per heavy atom. The molecule has 1 aromatic rings. The maximum absolute atomic E-state index is 11.3. The van der Waals surface area contributed by atoms with Crippen molar-refractivity contribution in [2.45, 2.75) is 17.0 Å². The van der Waals surface area contributed by atoms with E-state index in [0.29, 0.717) is 0 Å². The number of β-lactam (4-membered cyclic amide) rings is 1. The molecule has 0 saturated carbocycles. The lowest BCUT2D eigenvalue weighted by molar-refractivity contribution is -0.164. The first-order valence-electron chi connectivity index (χ1n) is 4.93. The predicted octanol–water partition coefficient (Wildman–Crippen LogP) is 1.57. The van der Waals surface area contributed by atoms with Crippen molar-refractivity contribution in [3.63, 3.8) is 0 Å². The van der Waals surface area contributed by atoms with E-state index in [0.717, 1.165) is 5.56 Å². The fourth-order valence-corrected chi connectivity index (χ4v) is 1.69. The molecule has 0 aromatic heterocycles. The zero-order chi connectivity index (χ0) is 12.4. The number of nitrogens with one attached hydrogen (secondary N) is 1. The Bertz CT molecular complexity index is 436. The van der Waals surface area contributed by atoms with Crippen molar-refractivity contribution >= 4 is 35.1 Å². The summed E-state index contributed by atoms with van der Waals surface area (Å²) in [6.45, 7) is 0. The van der Waals surface area contributed by atoms with Crippen LogP contribution in [0.5, 0.6) is 0 Å². The average Bonchev–Trinajstić information content (AvgIpc) is 2.33. The lowest BCUT2D eigenvalue weighted by atomic mass is 9.94. The van der Waals surface area contributed by atoms with Crippen LogP contribution in [0.1, 0.15) is 11.6 Å². The van der Waals surface area contributed by atoms with Crippen molar-refractivity contribution in [1.82, 2.24) is 5.32 Å². The first kappa shape index (κ1) is 12.2. The summed E-state index contributed by atoms with van der Waals surface area (Å²) < 4.78 is 4.91. The summed E-state index contributed by atoms with van der Waals surface area (Å²) in [6, 6.07) is 8.88. The van der Waals surface area contributed by atoms with Gasteiger partial charge in [0, 0.05) is 0 Å². The molecule has 1 amide bonds. The highest BCUT2D eigenvalue weighted by atomic mass is 35.5. The molecule has 17 heavy (non-hydrogen) atoms. The normalized spacial score (nSPS) is 22.9. The number of carbonyl (C=O) groups excluding carboxylic acids is 2. The Morgan fingerprint density at radius 2 is 1.94 bits per heavy atom. The fourth-order valence-electron chi connectivity index (χ4n) is 1.58. The van der Waals surface area contributed by atoms with Gasteiger partial charge >= 0.3 is 5.97 Å². The number of hydrogen-bond acceptors (Lipinski definition) is 3. The van der Waals surface area contributed by atoms with E-state index in [9.17, 15) is 9.59 Å². The fraction of sp³-hybridized carbons (Fsp3) is 0.273. The minimum Gasteiger partial charge on any atom is -0.448 e. The topological polar surface area (TPSA) is 55.4 Å². The third-order valence-electron chi connectivity index (χ3n) is 2.44. The lowest BCUT2D eigenvalue weighted by Crippen LogP contribution is -2.58. The van der Waals surface area contributed by atoms with E-state index in [2.05, 4.69) is 5.32 Å². The monoisotopic (exact) mass is 273 g/mol. The van der Waals surface area contributed by atoms with Crippen LogP contribution in [-0.2, 0) is 14.3 Å². The Labute approximate surface area is 108 Å². The van der Waals surface area contributed by atoms with Gasteiger partial charge in [-0.15, -0.1) is 0 Å². The van der Waals surface area contributed by atoms with E-state index in [1.165, 1.54) is 0 Å². The van der Waals surface area contributed by atoms with Gasteiger partial charge in [-0.3, -0.25) is 4.79 Å². The summed E-state index contributed by atoms with van der Waals surface area (Å²) >= 11 is 10.7. The van der Waals surface area contributed by atoms with E-state index in [1.807, 2.05) is 30.3 Å². The van der Waals surface area contributed by atoms with Crippen LogP contribution in [0.25, 0.3) is 0 Å². The molecule has 1 fully saturated rings. The quantitative estimate of drug-likeness (QED) is 0.517. The van der Waals surface area contributed by atoms with E-state index in [-0.39, 0.29) is 11.9 Å². The molecule has 90 valence electrons. The van der Waals surface area contributed by atoms with Crippen LogP contribution in [0.4, 0.5) is 0 Å². The van der Waals surface area contributed by atoms with Crippen LogP contribution >= 0.6 is 23.2 Å². The van der Waals surface area contributed by atoms with Gasteiger partial charge < -0.3 is 10.1 Å². The van der Waals surface area contributed by atoms with E-state index in [1.54, 1.807) is 0 Å². The molecule has 0 spiro atoms. The third kappa shape index (κ3) is 2.53. The Hall–Kier alpha value is -1.26. The maximum atomic E-state index is 11.3. The van der Waals surface area contributed by atoms with Crippen LogP contribution in [-0.4, -0.2) is 22.8 Å². The Morgan fingerprint density at radius 1 is 1.29 bits per heavy atom. The van der Waals surface area contributed by atoms with Crippen LogP contribution < -0.4 is 5.32 Å². The van der Waals surface area contributed by atoms with Crippen molar-refractivity contribution in [3.05, 3.63) is 35.9 Å². The van der Waals surface area contributed by atoms with Gasteiger partial charge in [-0.05, 0) is 5.56 Å². The molecule has 6 heteroatoms. The number of benzene rings is 1. The minimum absolute atomic E-state index is 0.334. The van der Waals surface area contributed by atoms with Gasteiger partial charge in [0.05, 0.1) is 0 Å². The van der Waals surface area contributed by atoms with Crippen molar-refractivity contribution in [2.75, 3.05) is 0 Å². The minimum atomic E-state index is -1.28. The van der Waals surface area contributed by atoms with Crippen LogP contribution in [0.3, 0.4) is 0 Å². The molecule has 1 aromatic carbocycles. The van der Waals surface area contributed by atoms with Crippen LogP contribution in [0.2, 0.25) is 0 Å². The zero-order valence-electron chi connectivity index (χ0n) is 8.60. The molecule has 1 heterocycles. The van der Waals surface area contributed by atoms with Crippen molar-refractivity contribution in [2.24, 2.45) is 0 Å². The second-order valence-corrected chi connectivity index (χ2v) is 4.65. The molecular weight excluding hydrogens is 265 g/mol. The number of amides is 1. The van der Waals surface area contributed by atoms with Gasteiger partial charge in [0.1, 0.15) is 6.04 Å². The second-order valence-electron chi connectivity index (χ2n) is 3.56. The number of carbonyl (C=O) groups is 2. The lowest BCUT2D eigenvalue weighted by Gasteiger charge is -2.36. The highest BCUT2D eigenvalue weighted by molar-refractivity contribution is 6.52. The standard InChI is InChI=1S/C11H9Cl2NO3/c12-9(13)11(16)17-8-7(14-10(8)15)6-4-2-1-3-5-6/h1-5,7-9H,(H,14,15)/t7-,8+/m0/s1. The highest BCUT2D eigenvalue weighted by Gasteiger charge is 2.43. The number of rotatable bonds is 3. The first-order chi connectivity index (χ1) is 8.09. The smallest absolute Gasteiger partial charge is 0.340 e. The van der Waals surface area contributed by atoms with Gasteiger partial charge in [-0.1, -0.05) is 53.5 Å². The predicted molar refractivity (Wildman–Crippen MR) is 62.7 cm³/mol.